The van der Waals surface area contributed by atoms with E-state index in [9.17, 15) is 19.5 Å². The molecule has 0 saturated heterocycles. The first-order valence-corrected chi connectivity index (χ1v) is 8.60. The number of nitrogens with one attached hydrogen (secondary N) is 2. The summed E-state index contributed by atoms with van der Waals surface area (Å²) >= 11 is 0. The molecule has 142 valence electrons. The number of carboxylic acids is 1. The van der Waals surface area contributed by atoms with E-state index >= 15 is 0 Å². The largest absolute Gasteiger partial charge is 0.480 e. The van der Waals surface area contributed by atoms with Gasteiger partial charge in [-0.25, -0.2) is 4.79 Å². The van der Waals surface area contributed by atoms with Crippen LogP contribution < -0.4 is 16.4 Å². The molecule has 0 bridgehead atoms. The second-order valence-corrected chi connectivity index (χ2v) is 6.10. The number of amides is 2. The zero-order valence-electron chi connectivity index (χ0n) is 14.8. The predicted molar refractivity (Wildman–Crippen MR) is 101 cm³/mol. The molecule has 0 aliphatic rings. The van der Waals surface area contributed by atoms with Gasteiger partial charge >= 0.3 is 5.97 Å². The Hall–Kier alpha value is -3.19. The number of rotatable bonds is 9. The van der Waals surface area contributed by atoms with E-state index in [1.165, 1.54) is 0 Å². The summed E-state index contributed by atoms with van der Waals surface area (Å²) in [5.74, 6) is -2.19. The molecule has 2 amide bonds. The van der Waals surface area contributed by atoms with Crippen molar-refractivity contribution in [2.45, 2.75) is 24.9 Å². The Morgan fingerprint density at radius 3 is 1.74 bits per heavy atom. The highest BCUT2D eigenvalue weighted by atomic mass is 16.4. The maximum absolute atomic E-state index is 12.7. The van der Waals surface area contributed by atoms with Crippen LogP contribution in [0.5, 0.6) is 0 Å². The van der Waals surface area contributed by atoms with E-state index in [0.717, 1.165) is 11.1 Å². The van der Waals surface area contributed by atoms with Crippen molar-refractivity contribution in [3.8, 4) is 0 Å². The standard InChI is InChI=1S/C20H23N3O4/c21-13-18(24)22-16(11-14-7-3-1-4-8-14)19(25)23-17(20(26)27)12-15-9-5-2-6-10-15/h1-10,16-17H,11-13,21H2,(H,22,24)(H,23,25)(H,26,27). The summed E-state index contributed by atoms with van der Waals surface area (Å²) in [7, 11) is 0. The molecule has 2 rings (SSSR count). The van der Waals surface area contributed by atoms with Gasteiger partial charge in [-0.1, -0.05) is 60.7 Å². The number of carbonyl (C=O) groups excluding carboxylic acids is 2. The summed E-state index contributed by atoms with van der Waals surface area (Å²) in [5, 5.41) is 14.5. The molecule has 0 aliphatic carbocycles. The van der Waals surface area contributed by atoms with E-state index < -0.39 is 29.9 Å². The maximum atomic E-state index is 12.7. The molecule has 27 heavy (non-hydrogen) atoms. The first kappa shape index (κ1) is 20.1. The molecule has 2 atom stereocenters. The third kappa shape index (κ3) is 6.56. The second-order valence-electron chi connectivity index (χ2n) is 6.10. The van der Waals surface area contributed by atoms with Gasteiger partial charge in [0.1, 0.15) is 12.1 Å². The highest BCUT2D eigenvalue weighted by Crippen LogP contribution is 2.07. The van der Waals surface area contributed by atoms with Crippen LogP contribution in [0, 0.1) is 0 Å². The number of hydrogen-bond donors (Lipinski definition) is 4. The Kier molecular flexibility index (Phi) is 7.51. The molecule has 0 saturated carbocycles. The Morgan fingerprint density at radius 2 is 1.30 bits per heavy atom. The van der Waals surface area contributed by atoms with Crippen molar-refractivity contribution in [3.05, 3.63) is 71.8 Å². The highest BCUT2D eigenvalue weighted by Gasteiger charge is 2.26. The lowest BCUT2D eigenvalue weighted by Crippen LogP contribution is -2.53. The van der Waals surface area contributed by atoms with Crippen molar-refractivity contribution in [2.75, 3.05) is 6.54 Å². The number of nitrogens with two attached hydrogens (primary N) is 1. The molecule has 0 radical (unpaired) electrons. The molecule has 2 aromatic rings. The van der Waals surface area contributed by atoms with Crippen LogP contribution in [0.1, 0.15) is 11.1 Å². The van der Waals surface area contributed by atoms with E-state index in [-0.39, 0.29) is 19.4 Å². The van der Waals surface area contributed by atoms with Crippen LogP contribution >= 0.6 is 0 Å². The number of benzene rings is 2. The molecule has 0 aliphatic heterocycles. The van der Waals surface area contributed by atoms with Crippen LogP contribution in [-0.2, 0) is 27.2 Å². The van der Waals surface area contributed by atoms with Gasteiger partial charge in [0.15, 0.2) is 0 Å². The first-order valence-electron chi connectivity index (χ1n) is 8.60. The van der Waals surface area contributed by atoms with Crippen LogP contribution in [0.4, 0.5) is 0 Å². The number of aliphatic carboxylic acids is 1. The molecule has 0 aromatic heterocycles. The maximum Gasteiger partial charge on any atom is 0.326 e. The number of carbonyl (C=O) groups is 3. The first-order chi connectivity index (χ1) is 13.0. The molecule has 0 spiro atoms. The van der Waals surface area contributed by atoms with E-state index in [0.29, 0.717) is 0 Å². The number of hydrogen-bond acceptors (Lipinski definition) is 4. The van der Waals surface area contributed by atoms with Gasteiger partial charge < -0.3 is 21.5 Å². The predicted octanol–water partition coefficient (Wildman–Crippen LogP) is 0.485. The van der Waals surface area contributed by atoms with E-state index in [1.807, 2.05) is 36.4 Å². The Labute approximate surface area is 157 Å². The molecule has 7 heteroatoms. The Bertz CT molecular complexity index is 765. The minimum absolute atomic E-state index is 0.144. The topological polar surface area (TPSA) is 122 Å². The molecular weight excluding hydrogens is 346 g/mol. The van der Waals surface area contributed by atoms with Crippen molar-refractivity contribution in [2.24, 2.45) is 5.73 Å². The van der Waals surface area contributed by atoms with Crippen molar-refractivity contribution in [1.82, 2.24) is 10.6 Å². The summed E-state index contributed by atoms with van der Waals surface area (Å²) in [6.45, 7) is -0.259. The summed E-state index contributed by atoms with van der Waals surface area (Å²) in [6.07, 6.45) is 0.376. The smallest absolute Gasteiger partial charge is 0.326 e. The van der Waals surface area contributed by atoms with E-state index in [4.69, 9.17) is 5.73 Å². The second kappa shape index (κ2) is 10.1. The molecule has 2 aromatic carbocycles. The minimum atomic E-state index is -1.14. The quantitative estimate of drug-likeness (QED) is 0.512. The Morgan fingerprint density at radius 1 is 0.815 bits per heavy atom. The lowest BCUT2D eigenvalue weighted by molar-refractivity contribution is -0.142. The summed E-state index contributed by atoms with van der Waals surface area (Å²) in [6, 6.07) is 16.1. The SMILES string of the molecule is NCC(=O)NC(Cc1ccccc1)C(=O)NC(Cc1ccccc1)C(=O)O. The fourth-order valence-electron chi connectivity index (χ4n) is 2.63. The molecule has 5 N–H and O–H groups in total. The summed E-state index contributed by atoms with van der Waals surface area (Å²) < 4.78 is 0. The van der Waals surface area contributed by atoms with Crippen LogP contribution in [0.3, 0.4) is 0 Å². The summed E-state index contributed by atoms with van der Waals surface area (Å²) in [4.78, 5) is 35.9. The fourth-order valence-corrected chi connectivity index (χ4v) is 2.63. The molecule has 2 unspecified atom stereocenters. The van der Waals surface area contributed by atoms with Crippen molar-refractivity contribution in [3.63, 3.8) is 0 Å². The van der Waals surface area contributed by atoms with Gasteiger partial charge in [-0.2, -0.15) is 0 Å². The normalized spacial score (nSPS) is 12.6. The average molecular weight is 369 g/mol. The fraction of sp³-hybridized carbons (Fsp3) is 0.250. The molecule has 0 heterocycles. The highest BCUT2D eigenvalue weighted by molar-refractivity contribution is 5.91. The third-order valence-corrected chi connectivity index (χ3v) is 4.02. The van der Waals surface area contributed by atoms with Crippen LogP contribution in [0.15, 0.2) is 60.7 Å². The van der Waals surface area contributed by atoms with Crippen molar-refractivity contribution >= 4 is 17.8 Å². The average Bonchev–Trinajstić information content (AvgIpc) is 2.68. The molecular formula is C20H23N3O4. The van der Waals surface area contributed by atoms with Crippen molar-refractivity contribution in [1.29, 1.82) is 0 Å². The van der Waals surface area contributed by atoms with Gasteiger partial charge in [-0.05, 0) is 11.1 Å². The van der Waals surface area contributed by atoms with Gasteiger partial charge in [0.2, 0.25) is 11.8 Å². The van der Waals surface area contributed by atoms with Gasteiger partial charge in [0, 0.05) is 12.8 Å². The van der Waals surface area contributed by atoms with Gasteiger partial charge in [-0.3, -0.25) is 9.59 Å². The zero-order chi connectivity index (χ0) is 19.6. The van der Waals surface area contributed by atoms with Crippen LogP contribution in [0.2, 0.25) is 0 Å². The van der Waals surface area contributed by atoms with Crippen LogP contribution in [0.25, 0.3) is 0 Å². The van der Waals surface area contributed by atoms with Crippen LogP contribution in [-0.4, -0.2) is 41.5 Å². The van der Waals surface area contributed by atoms with Gasteiger partial charge in [0.25, 0.3) is 0 Å². The Balaban J connectivity index is 2.11. The van der Waals surface area contributed by atoms with Crippen molar-refractivity contribution < 1.29 is 19.5 Å². The van der Waals surface area contributed by atoms with E-state index in [2.05, 4.69) is 10.6 Å². The lowest BCUT2D eigenvalue weighted by atomic mass is 10.0. The van der Waals surface area contributed by atoms with Gasteiger partial charge in [-0.15, -0.1) is 0 Å². The monoisotopic (exact) mass is 369 g/mol. The number of carboxylic acid groups (broad SMARTS) is 1. The zero-order valence-corrected chi connectivity index (χ0v) is 14.8. The molecule has 0 fully saturated rings. The van der Waals surface area contributed by atoms with E-state index in [1.54, 1.807) is 24.3 Å². The molecule has 7 nitrogen and oxygen atoms in total. The van der Waals surface area contributed by atoms with Gasteiger partial charge in [0.05, 0.1) is 6.54 Å². The third-order valence-electron chi connectivity index (χ3n) is 4.02. The lowest BCUT2D eigenvalue weighted by Gasteiger charge is -2.21. The minimum Gasteiger partial charge on any atom is -0.480 e. The summed E-state index contributed by atoms with van der Waals surface area (Å²) in [5.41, 5.74) is 6.95.